The van der Waals surface area contributed by atoms with Crippen LogP contribution in [-0.4, -0.2) is 26.0 Å². The highest BCUT2D eigenvalue weighted by molar-refractivity contribution is 6.29. The number of anilines is 2. The lowest BCUT2D eigenvalue weighted by Gasteiger charge is -2.14. The molecule has 0 atom stereocenters. The number of ether oxygens (including phenoxy) is 2. The Hall–Kier alpha value is -4.06. The van der Waals surface area contributed by atoms with E-state index in [2.05, 4.69) is 10.6 Å². The minimum absolute atomic E-state index is 0.0556. The molecule has 0 saturated heterocycles. The van der Waals surface area contributed by atoms with Gasteiger partial charge in [-0.05, 0) is 55.3 Å². The molecule has 0 saturated carbocycles. The SMILES string of the molecule is COc1ccc(C=C(C(=O)Nc2ccccc2C)C(=O)Nc2ccccc2C)c(OC)c1. The number of benzene rings is 3. The fraction of sp³-hybridized carbons (Fsp3) is 0.154. The van der Waals surface area contributed by atoms with Crippen molar-refractivity contribution in [2.75, 3.05) is 24.9 Å². The van der Waals surface area contributed by atoms with E-state index in [1.807, 2.05) is 50.2 Å². The van der Waals surface area contributed by atoms with Gasteiger partial charge in [-0.25, -0.2) is 0 Å². The number of methoxy groups -OCH3 is 2. The number of para-hydroxylation sites is 2. The van der Waals surface area contributed by atoms with E-state index in [0.29, 0.717) is 28.4 Å². The van der Waals surface area contributed by atoms with Crippen molar-refractivity contribution < 1.29 is 19.1 Å². The third kappa shape index (κ3) is 5.35. The molecule has 164 valence electrons. The molecular formula is C26H26N2O4. The summed E-state index contributed by atoms with van der Waals surface area (Å²) in [5.41, 5.74) is 3.56. The predicted molar refractivity (Wildman–Crippen MR) is 127 cm³/mol. The number of nitrogens with one attached hydrogen (secondary N) is 2. The van der Waals surface area contributed by atoms with Gasteiger partial charge in [0, 0.05) is 23.0 Å². The standard InChI is InChI=1S/C26H26N2O4/c1-17-9-5-7-11-22(17)27-25(29)21(26(30)28-23-12-8-6-10-18(23)2)15-19-13-14-20(31-3)16-24(19)32-4/h5-16H,1-4H3,(H,27,29)(H,28,30). The lowest BCUT2D eigenvalue weighted by molar-refractivity contribution is -0.118. The Balaban J connectivity index is 2.01. The Kier molecular flexibility index (Phi) is 7.29. The number of hydrogen-bond acceptors (Lipinski definition) is 4. The fourth-order valence-electron chi connectivity index (χ4n) is 3.13. The molecule has 0 unspecified atom stereocenters. The number of carbonyl (C=O) groups excluding carboxylic acids is 2. The van der Waals surface area contributed by atoms with Gasteiger partial charge in [0.25, 0.3) is 11.8 Å². The molecule has 0 aliphatic carbocycles. The molecule has 3 rings (SSSR count). The number of carbonyl (C=O) groups is 2. The van der Waals surface area contributed by atoms with Crippen molar-refractivity contribution in [2.45, 2.75) is 13.8 Å². The highest BCUT2D eigenvalue weighted by Gasteiger charge is 2.21. The molecule has 3 aromatic rings. The summed E-state index contributed by atoms with van der Waals surface area (Å²) in [5.74, 6) is 0.0371. The van der Waals surface area contributed by atoms with E-state index in [1.165, 1.54) is 13.2 Å². The molecule has 0 heterocycles. The molecule has 0 radical (unpaired) electrons. The van der Waals surface area contributed by atoms with Crippen molar-refractivity contribution in [2.24, 2.45) is 0 Å². The first kappa shape index (κ1) is 22.6. The second kappa shape index (κ2) is 10.3. The van der Waals surface area contributed by atoms with Crippen molar-refractivity contribution in [1.82, 2.24) is 0 Å². The third-order valence-corrected chi connectivity index (χ3v) is 5.02. The van der Waals surface area contributed by atoms with Gasteiger partial charge >= 0.3 is 0 Å². The smallest absolute Gasteiger partial charge is 0.261 e. The van der Waals surface area contributed by atoms with Gasteiger partial charge in [-0.2, -0.15) is 0 Å². The van der Waals surface area contributed by atoms with E-state index in [9.17, 15) is 9.59 Å². The van der Waals surface area contributed by atoms with Crippen LogP contribution in [0.25, 0.3) is 6.08 Å². The summed E-state index contributed by atoms with van der Waals surface area (Å²) in [6, 6.07) is 19.9. The average molecular weight is 431 g/mol. The lowest BCUT2D eigenvalue weighted by Crippen LogP contribution is -2.26. The fourth-order valence-corrected chi connectivity index (χ4v) is 3.13. The summed E-state index contributed by atoms with van der Waals surface area (Å²) >= 11 is 0. The van der Waals surface area contributed by atoms with E-state index < -0.39 is 11.8 Å². The normalized spacial score (nSPS) is 10.1. The van der Waals surface area contributed by atoms with Crippen molar-refractivity contribution in [3.05, 3.63) is 89.0 Å². The van der Waals surface area contributed by atoms with Gasteiger partial charge in [-0.15, -0.1) is 0 Å². The molecule has 0 fully saturated rings. The molecule has 0 aliphatic heterocycles. The number of hydrogen-bond donors (Lipinski definition) is 2. The number of rotatable bonds is 7. The van der Waals surface area contributed by atoms with Crippen LogP contribution < -0.4 is 20.1 Å². The summed E-state index contributed by atoms with van der Waals surface area (Å²) in [6.07, 6.45) is 1.51. The van der Waals surface area contributed by atoms with E-state index in [1.54, 1.807) is 37.4 Å². The largest absolute Gasteiger partial charge is 0.497 e. The zero-order chi connectivity index (χ0) is 23.1. The summed E-state index contributed by atoms with van der Waals surface area (Å²) in [4.78, 5) is 26.4. The molecule has 6 heteroatoms. The summed E-state index contributed by atoms with van der Waals surface area (Å²) in [6.45, 7) is 3.78. The van der Waals surface area contributed by atoms with Crippen LogP contribution in [0.2, 0.25) is 0 Å². The second-order valence-electron chi connectivity index (χ2n) is 7.20. The van der Waals surface area contributed by atoms with Crippen molar-refractivity contribution in [1.29, 1.82) is 0 Å². The quantitative estimate of drug-likeness (QED) is 0.315. The third-order valence-electron chi connectivity index (χ3n) is 5.02. The number of aryl methyl sites for hydroxylation is 2. The van der Waals surface area contributed by atoms with Crippen LogP contribution in [-0.2, 0) is 9.59 Å². The van der Waals surface area contributed by atoms with Gasteiger partial charge in [0.1, 0.15) is 17.1 Å². The zero-order valence-corrected chi connectivity index (χ0v) is 18.6. The number of amides is 2. The van der Waals surface area contributed by atoms with Crippen molar-refractivity contribution in [3.8, 4) is 11.5 Å². The van der Waals surface area contributed by atoms with E-state index in [-0.39, 0.29) is 5.57 Å². The molecular weight excluding hydrogens is 404 g/mol. The molecule has 6 nitrogen and oxygen atoms in total. The summed E-state index contributed by atoms with van der Waals surface area (Å²) in [5, 5.41) is 5.68. The molecule has 0 aromatic heterocycles. The Morgan fingerprint density at radius 3 is 1.75 bits per heavy atom. The Morgan fingerprint density at radius 2 is 1.28 bits per heavy atom. The minimum Gasteiger partial charge on any atom is -0.497 e. The van der Waals surface area contributed by atoms with Crippen LogP contribution in [0.4, 0.5) is 11.4 Å². The van der Waals surface area contributed by atoms with Crippen molar-refractivity contribution >= 4 is 29.3 Å². The van der Waals surface area contributed by atoms with Crippen LogP contribution in [0.1, 0.15) is 16.7 Å². The maximum absolute atomic E-state index is 13.2. The summed E-state index contributed by atoms with van der Waals surface area (Å²) in [7, 11) is 3.08. The molecule has 2 amide bonds. The molecule has 2 N–H and O–H groups in total. The minimum atomic E-state index is -0.525. The van der Waals surface area contributed by atoms with Gasteiger partial charge in [0.15, 0.2) is 0 Å². The van der Waals surface area contributed by atoms with Gasteiger partial charge in [0.2, 0.25) is 0 Å². The van der Waals surface area contributed by atoms with Crippen LogP contribution in [0.5, 0.6) is 11.5 Å². The topological polar surface area (TPSA) is 76.7 Å². The summed E-state index contributed by atoms with van der Waals surface area (Å²) < 4.78 is 10.7. The molecule has 0 bridgehead atoms. The molecule has 3 aromatic carbocycles. The van der Waals surface area contributed by atoms with E-state index in [4.69, 9.17) is 9.47 Å². The highest BCUT2D eigenvalue weighted by Crippen LogP contribution is 2.27. The molecule has 0 aliphatic rings. The van der Waals surface area contributed by atoms with Gasteiger partial charge in [0.05, 0.1) is 14.2 Å². The van der Waals surface area contributed by atoms with Crippen LogP contribution in [0, 0.1) is 13.8 Å². The first-order chi connectivity index (χ1) is 15.4. The highest BCUT2D eigenvalue weighted by atomic mass is 16.5. The first-order valence-corrected chi connectivity index (χ1v) is 10.1. The first-order valence-electron chi connectivity index (χ1n) is 10.1. The monoisotopic (exact) mass is 430 g/mol. The van der Waals surface area contributed by atoms with E-state index >= 15 is 0 Å². The van der Waals surface area contributed by atoms with Crippen LogP contribution >= 0.6 is 0 Å². The zero-order valence-electron chi connectivity index (χ0n) is 18.6. The maximum Gasteiger partial charge on any atom is 0.261 e. The van der Waals surface area contributed by atoms with Crippen molar-refractivity contribution in [3.63, 3.8) is 0 Å². The van der Waals surface area contributed by atoms with Crippen LogP contribution in [0.15, 0.2) is 72.3 Å². The Labute approximate surface area is 187 Å². The lowest BCUT2D eigenvalue weighted by atomic mass is 10.1. The van der Waals surface area contributed by atoms with E-state index in [0.717, 1.165) is 11.1 Å². The van der Waals surface area contributed by atoms with Gasteiger partial charge in [-0.1, -0.05) is 36.4 Å². The second-order valence-corrected chi connectivity index (χ2v) is 7.20. The Morgan fingerprint density at radius 1 is 0.750 bits per heavy atom. The average Bonchev–Trinajstić information content (AvgIpc) is 2.80. The molecule has 0 spiro atoms. The van der Waals surface area contributed by atoms with Gasteiger partial charge in [-0.3, -0.25) is 9.59 Å². The van der Waals surface area contributed by atoms with Crippen LogP contribution in [0.3, 0.4) is 0 Å². The molecule has 32 heavy (non-hydrogen) atoms. The maximum atomic E-state index is 13.2. The predicted octanol–water partition coefficient (Wildman–Crippen LogP) is 4.98. The Bertz CT molecular complexity index is 1110. The van der Waals surface area contributed by atoms with Gasteiger partial charge < -0.3 is 20.1 Å².